The molecule has 7 heteroatoms. The molecule has 1 heterocycles. The van der Waals surface area contributed by atoms with Gasteiger partial charge < -0.3 is 10.7 Å². The van der Waals surface area contributed by atoms with E-state index >= 15 is 0 Å². The molecular formula is C18H25N5S2. The van der Waals surface area contributed by atoms with Gasteiger partial charge in [0.2, 0.25) is 0 Å². The quantitative estimate of drug-likeness (QED) is 0.392. The second-order valence-electron chi connectivity index (χ2n) is 5.88. The summed E-state index contributed by atoms with van der Waals surface area (Å²) in [5.41, 5.74) is 9.10. The maximum atomic E-state index is 7.68. The fourth-order valence-corrected chi connectivity index (χ4v) is 3.93. The van der Waals surface area contributed by atoms with E-state index in [4.69, 9.17) is 16.6 Å². The number of aromatic nitrogens is 2. The minimum Gasteiger partial charge on any atom is -0.379 e. The van der Waals surface area contributed by atoms with Crippen LogP contribution >= 0.6 is 23.5 Å². The highest BCUT2D eigenvalue weighted by Gasteiger charge is 2.13. The first-order valence-corrected chi connectivity index (χ1v) is 10.2. The maximum absolute atomic E-state index is 7.68. The van der Waals surface area contributed by atoms with Crippen molar-refractivity contribution in [2.24, 2.45) is 5.73 Å². The largest absolute Gasteiger partial charge is 0.379 e. The molecule has 0 aliphatic carbocycles. The van der Waals surface area contributed by atoms with Gasteiger partial charge in [0.1, 0.15) is 0 Å². The Morgan fingerprint density at radius 1 is 1.20 bits per heavy atom. The van der Waals surface area contributed by atoms with Gasteiger partial charge in [-0.1, -0.05) is 36.0 Å². The Kier molecular flexibility index (Phi) is 8.08. The van der Waals surface area contributed by atoms with Crippen LogP contribution in [0.3, 0.4) is 0 Å². The van der Waals surface area contributed by atoms with Crippen molar-refractivity contribution in [1.29, 1.82) is 10.8 Å². The van der Waals surface area contributed by atoms with E-state index in [0.717, 1.165) is 36.5 Å². The summed E-state index contributed by atoms with van der Waals surface area (Å²) in [4.78, 5) is 7.24. The summed E-state index contributed by atoms with van der Waals surface area (Å²) < 4.78 is 0. The van der Waals surface area contributed by atoms with Gasteiger partial charge in [0.15, 0.2) is 5.17 Å². The molecule has 0 aliphatic heterocycles. The lowest BCUT2D eigenvalue weighted by Gasteiger charge is -2.17. The second kappa shape index (κ2) is 10.3. The molecule has 0 amide bonds. The lowest BCUT2D eigenvalue weighted by Crippen LogP contribution is -2.07. The molecule has 0 saturated heterocycles. The number of hydrogen-bond donors (Lipinski definition) is 4. The van der Waals surface area contributed by atoms with Crippen molar-refractivity contribution in [3.63, 3.8) is 0 Å². The van der Waals surface area contributed by atoms with Crippen LogP contribution in [0, 0.1) is 10.8 Å². The molecule has 25 heavy (non-hydrogen) atoms. The van der Waals surface area contributed by atoms with Crippen LogP contribution in [-0.4, -0.2) is 31.7 Å². The highest BCUT2D eigenvalue weighted by Crippen LogP contribution is 2.26. The Labute approximate surface area is 157 Å². The monoisotopic (exact) mass is 375 g/mol. The zero-order valence-corrected chi connectivity index (χ0v) is 16.1. The lowest BCUT2D eigenvalue weighted by atomic mass is 9.94. The molecule has 1 aromatic heterocycles. The van der Waals surface area contributed by atoms with Crippen LogP contribution in [0.4, 0.5) is 0 Å². The summed E-state index contributed by atoms with van der Waals surface area (Å²) in [5.74, 6) is 2.17. The van der Waals surface area contributed by atoms with Gasteiger partial charge in [0.05, 0.1) is 11.4 Å². The number of rotatable bonds is 9. The summed E-state index contributed by atoms with van der Waals surface area (Å²) in [6.07, 6.45) is 6.50. The highest BCUT2D eigenvalue weighted by atomic mass is 32.2. The Morgan fingerprint density at radius 2 is 1.96 bits per heavy atom. The number of aromatic amines is 1. The number of thioether (sulfide) groups is 2. The summed E-state index contributed by atoms with van der Waals surface area (Å²) in [6, 6.07) is 8.73. The van der Waals surface area contributed by atoms with Gasteiger partial charge in [-0.3, -0.25) is 10.8 Å². The number of amidine groups is 1. The van der Waals surface area contributed by atoms with E-state index in [2.05, 4.69) is 34.2 Å². The number of nitrogens with one attached hydrogen (secondary N) is 3. The topological polar surface area (TPSA) is 102 Å². The third-order valence-corrected chi connectivity index (χ3v) is 5.64. The molecule has 2 rings (SSSR count). The average molecular weight is 376 g/mol. The number of benzene rings is 1. The SMILES string of the molecule is CC(=N)SC[C@H](CCc1cnc[nH]1)c1ccc(CCSC(=N)N)cc1. The van der Waals surface area contributed by atoms with E-state index in [1.54, 1.807) is 18.1 Å². The number of aryl methyl sites for hydroxylation is 2. The molecule has 0 spiro atoms. The summed E-state index contributed by atoms with van der Waals surface area (Å²) in [5, 5.41) is 15.8. The molecule has 0 fully saturated rings. The van der Waals surface area contributed by atoms with E-state index in [1.807, 2.05) is 13.1 Å². The standard InChI is InChI=1S/C18H25N5S2/c1-13(19)25-11-16(6-7-17-10-22-12-23-17)15-4-2-14(3-5-15)8-9-24-18(20)21/h2-5,10,12,16,19H,6-9,11H2,1H3,(H3,20,21)(H,22,23)/t16-/m0/s1. The summed E-state index contributed by atoms with van der Waals surface area (Å²) in [7, 11) is 0. The zero-order valence-electron chi connectivity index (χ0n) is 14.4. The third kappa shape index (κ3) is 7.36. The lowest BCUT2D eigenvalue weighted by molar-refractivity contribution is 0.681. The summed E-state index contributed by atoms with van der Waals surface area (Å²) in [6.45, 7) is 1.84. The van der Waals surface area contributed by atoms with Crippen molar-refractivity contribution in [2.45, 2.75) is 32.1 Å². The van der Waals surface area contributed by atoms with Gasteiger partial charge >= 0.3 is 0 Å². The molecule has 0 radical (unpaired) electrons. The third-order valence-electron chi connectivity index (χ3n) is 3.92. The van der Waals surface area contributed by atoms with Crippen molar-refractivity contribution in [1.82, 2.24) is 9.97 Å². The molecular weight excluding hydrogens is 350 g/mol. The fraction of sp³-hybridized carbons (Fsp3) is 0.389. The average Bonchev–Trinajstić information content (AvgIpc) is 3.09. The molecule has 5 nitrogen and oxygen atoms in total. The zero-order chi connectivity index (χ0) is 18.1. The molecule has 134 valence electrons. The summed E-state index contributed by atoms with van der Waals surface area (Å²) >= 11 is 2.99. The number of nitrogens with two attached hydrogens (primary N) is 1. The predicted molar refractivity (Wildman–Crippen MR) is 110 cm³/mol. The molecule has 1 atom stereocenters. The van der Waals surface area contributed by atoms with Crippen LogP contribution in [-0.2, 0) is 12.8 Å². The Morgan fingerprint density at radius 3 is 2.56 bits per heavy atom. The predicted octanol–water partition coefficient (Wildman–Crippen LogP) is 4.03. The maximum Gasteiger partial charge on any atom is 0.151 e. The van der Waals surface area contributed by atoms with Crippen LogP contribution in [0.2, 0.25) is 0 Å². The van der Waals surface area contributed by atoms with E-state index in [1.165, 1.54) is 22.9 Å². The van der Waals surface area contributed by atoms with Crippen molar-refractivity contribution < 1.29 is 0 Å². The van der Waals surface area contributed by atoms with Gasteiger partial charge in [-0.2, -0.15) is 0 Å². The van der Waals surface area contributed by atoms with Gasteiger partial charge in [-0.15, -0.1) is 11.8 Å². The van der Waals surface area contributed by atoms with Gasteiger partial charge in [-0.25, -0.2) is 4.98 Å². The van der Waals surface area contributed by atoms with Crippen molar-refractivity contribution in [2.75, 3.05) is 11.5 Å². The number of hydrogen-bond acceptors (Lipinski definition) is 5. The Bertz CT molecular complexity index is 667. The molecule has 0 bridgehead atoms. The molecule has 0 saturated carbocycles. The van der Waals surface area contributed by atoms with E-state index in [-0.39, 0.29) is 5.17 Å². The van der Waals surface area contributed by atoms with Crippen molar-refractivity contribution >= 4 is 33.7 Å². The van der Waals surface area contributed by atoms with E-state index in [0.29, 0.717) is 11.0 Å². The number of nitrogens with zero attached hydrogens (tertiary/aromatic N) is 1. The van der Waals surface area contributed by atoms with Crippen LogP contribution in [0.5, 0.6) is 0 Å². The minimum absolute atomic E-state index is 0.175. The van der Waals surface area contributed by atoms with Crippen LogP contribution < -0.4 is 5.73 Å². The van der Waals surface area contributed by atoms with Gasteiger partial charge in [0, 0.05) is 23.4 Å². The van der Waals surface area contributed by atoms with Gasteiger partial charge in [-0.05, 0) is 43.2 Å². The Hall–Kier alpha value is -1.73. The first-order chi connectivity index (χ1) is 12.0. The van der Waals surface area contributed by atoms with Crippen molar-refractivity contribution in [3.8, 4) is 0 Å². The van der Waals surface area contributed by atoms with Crippen LogP contribution in [0.15, 0.2) is 36.8 Å². The van der Waals surface area contributed by atoms with E-state index < -0.39 is 0 Å². The number of H-pyrrole nitrogens is 1. The van der Waals surface area contributed by atoms with Crippen LogP contribution in [0.1, 0.15) is 36.1 Å². The minimum atomic E-state index is 0.175. The molecule has 0 unspecified atom stereocenters. The van der Waals surface area contributed by atoms with Crippen LogP contribution in [0.25, 0.3) is 0 Å². The fourth-order valence-electron chi connectivity index (χ4n) is 2.56. The number of imidazole rings is 1. The van der Waals surface area contributed by atoms with Gasteiger partial charge in [0.25, 0.3) is 0 Å². The molecule has 2 aromatic rings. The van der Waals surface area contributed by atoms with Crippen molar-refractivity contribution in [3.05, 3.63) is 53.6 Å². The molecule has 1 aromatic carbocycles. The first-order valence-electron chi connectivity index (χ1n) is 8.25. The normalized spacial score (nSPS) is 12.0. The highest BCUT2D eigenvalue weighted by molar-refractivity contribution is 8.13. The van der Waals surface area contributed by atoms with E-state index in [9.17, 15) is 0 Å². The smallest absolute Gasteiger partial charge is 0.151 e. The molecule has 0 aliphatic rings. The molecule has 5 N–H and O–H groups in total. The first kappa shape index (κ1) is 19.6. The Balaban J connectivity index is 1.96. The second-order valence-corrected chi connectivity index (χ2v) is 8.26.